The summed E-state index contributed by atoms with van der Waals surface area (Å²) in [5, 5.41) is 4.33. The normalized spacial score (nSPS) is 22.8. The molecule has 0 aliphatic carbocycles. The van der Waals surface area contributed by atoms with Crippen LogP contribution < -0.4 is 11.1 Å². The van der Waals surface area contributed by atoms with Gasteiger partial charge in [0.15, 0.2) is 0 Å². The second kappa shape index (κ2) is 8.46. The summed E-state index contributed by atoms with van der Waals surface area (Å²) < 4.78 is 0. The van der Waals surface area contributed by atoms with Gasteiger partial charge in [0, 0.05) is 40.9 Å². The number of H-pyrrole nitrogens is 1. The molecule has 164 valence electrons. The number of pyridine rings is 1. The van der Waals surface area contributed by atoms with E-state index in [4.69, 9.17) is 5.73 Å². The molecule has 0 spiro atoms. The maximum atomic E-state index is 13.2. The van der Waals surface area contributed by atoms with E-state index >= 15 is 0 Å². The smallest absolute Gasteiger partial charge is 0.230 e. The van der Waals surface area contributed by atoms with Crippen LogP contribution in [0, 0.1) is 6.92 Å². The summed E-state index contributed by atoms with van der Waals surface area (Å²) in [5.41, 5.74) is 12.4. The number of carbonyl (C=O) groups is 1. The third kappa shape index (κ3) is 4.11. The maximum absolute atomic E-state index is 13.2. The van der Waals surface area contributed by atoms with Gasteiger partial charge >= 0.3 is 0 Å². The summed E-state index contributed by atoms with van der Waals surface area (Å²) in [6.45, 7) is 9.19. The van der Waals surface area contributed by atoms with E-state index in [1.54, 1.807) is 0 Å². The van der Waals surface area contributed by atoms with Gasteiger partial charge in [-0.25, -0.2) is 0 Å². The van der Waals surface area contributed by atoms with Crippen molar-refractivity contribution in [2.75, 3.05) is 6.54 Å². The number of rotatable bonds is 3. The van der Waals surface area contributed by atoms with Gasteiger partial charge in [0.05, 0.1) is 11.1 Å². The first kappa shape index (κ1) is 21.6. The predicted molar refractivity (Wildman–Crippen MR) is 127 cm³/mol. The van der Waals surface area contributed by atoms with E-state index in [-0.39, 0.29) is 11.9 Å². The Morgan fingerprint density at radius 2 is 2.00 bits per heavy atom. The van der Waals surface area contributed by atoms with Crippen molar-refractivity contribution in [2.45, 2.75) is 70.8 Å². The molecule has 0 bridgehead atoms. The van der Waals surface area contributed by atoms with Crippen molar-refractivity contribution in [3.63, 3.8) is 0 Å². The van der Waals surface area contributed by atoms with Crippen LogP contribution in [0.2, 0.25) is 0 Å². The largest absolute Gasteiger partial charge is 0.355 e. The van der Waals surface area contributed by atoms with Gasteiger partial charge in [0.25, 0.3) is 0 Å². The number of carbonyl (C=O) groups excluding carboxylic acids is 1. The van der Waals surface area contributed by atoms with Crippen LogP contribution in [0.1, 0.15) is 69.2 Å². The third-order valence-corrected chi connectivity index (χ3v) is 6.79. The summed E-state index contributed by atoms with van der Waals surface area (Å²) in [7, 11) is 0. The summed E-state index contributed by atoms with van der Waals surface area (Å²) in [6.07, 6.45) is 5.41. The number of hydrogen-bond donors (Lipinski definition) is 3. The summed E-state index contributed by atoms with van der Waals surface area (Å²) in [4.78, 5) is 21.2. The topological polar surface area (TPSA) is 83.8 Å². The highest BCUT2D eigenvalue weighted by Gasteiger charge is 2.36. The lowest BCUT2D eigenvalue weighted by Gasteiger charge is -2.28. The van der Waals surface area contributed by atoms with E-state index in [2.05, 4.69) is 66.4 Å². The Balaban J connectivity index is 1.83. The molecule has 2 atom stereocenters. The number of nitrogens with zero attached hydrogens (tertiary/aromatic N) is 1. The molecule has 1 aromatic carbocycles. The van der Waals surface area contributed by atoms with Crippen LogP contribution in [0.3, 0.4) is 0 Å². The van der Waals surface area contributed by atoms with E-state index in [1.165, 1.54) is 10.9 Å². The highest BCUT2D eigenvalue weighted by Crippen LogP contribution is 2.39. The fraction of sp³-hybridized carbons (Fsp3) is 0.462. The molecule has 0 radical (unpaired) electrons. The molecular weight excluding hydrogens is 384 g/mol. The zero-order valence-corrected chi connectivity index (χ0v) is 19.1. The zero-order valence-electron chi connectivity index (χ0n) is 19.1. The van der Waals surface area contributed by atoms with E-state index in [0.717, 1.165) is 53.7 Å². The standard InChI is InChI=1S/C26H34N4O/c1-16(2)23-21-15-19(26(4)11-5-6-20(27)10-13-29-25(26)31)7-8-22(21)30-24(23)18-9-12-28-17(3)14-18/h7-9,12,14-16,20,30H,5-6,10-11,13,27H2,1-4H3,(H,29,31). The summed E-state index contributed by atoms with van der Waals surface area (Å²) in [5.74, 6) is 0.445. The first-order valence-corrected chi connectivity index (χ1v) is 11.4. The predicted octanol–water partition coefficient (Wildman–Crippen LogP) is 4.94. The first-order chi connectivity index (χ1) is 14.8. The molecule has 1 saturated heterocycles. The lowest BCUT2D eigenvalue weighted by Crippen LogP contribution is -2.42. The molecule has 2 unspecified atom stereocenters. The van der Waals surface area contributed by atoms with E-state index in [0.29, 0.717) is 12.5 Å². The van der Waals surface area contributed by atoms with Crippen molar-refractivity contribution >= 4 is 16.8 Å². The van der Waals surface area contributed by atoms with Crippen LogP contribution in [0.5, 0.6) is 0 Å². The lowest BCUT2D eigenvalue weighted by atomic mass is 9.76. The van der Waals surface area contributed by atoms with Crippen LogP contribution in [0.4, 0.5) is 0 Å². The fourth-order valence-electron chi connectivity index (χ4n) is 4.90. The molecule has 3 aromatic rings. The lowest BCUT2D eigenvalue weighted by molar-refractivity contribution is -0.126. The molecule has 4 rings (SSSR count). The van der Waals surface area contributed by atoms with Crippen LogP contribution in [0.25, 0.3) is 22.2 Å². The Morgan fingerprint density at radius 1 is 1.19 bits per heavy atom. The highest BCUT2D eigenvalue weighted by molar-refractivity contribution is 5.94. The molecule has 5 nitrogen and oxygen atoms in total. The minimum atomic E-state index is -0.558. The van der Waals surface area contributed by atoms with Gasteiger partial charge in [-0.2, -0.15) is 0 Å². The van der Waals surface area contributed by atoms with Gasteiger partial charge < -0.3 is 16.0 Å². The zero-order chi connectivity index (χ0) is 22.2. The summed E-state index contributed by atoms with van der Waals surface area (Å²) in [6, 6.07) is 10.8. The number of benzene rings is 1. The molecule has 31 heavy (non-hydrogen) atoms. The molecule has 1 aliphatic rings. The minimum absolute atomic E-state index is 0.104. The molecule has 3 heterocycles. The molecule has 5 heteroatoms. The second-order valence-corrected chi connectivity index (χ2v) is 9.54. The Bertz CT molecular complexity index is 1100. The van der Waals surface area contributed by atoms with E-state index in [1.807, 2.05) is 13.1 Å². The monoisotopic (exact) mass is 418 g/mol. The van der Waals surface area contributed by atoms with Gasteiger partial charge in [-0.15, -0.1) is 0 Å². The van der Waals surface area contributed by atoms with Gasteiger partial charge in [-0.1, -0.05) is 26.3 Å². The SMILES string of the molecule is Cc1cc(-c2[nH]c3ccc(C4(C)CCCC(N)CCNC4=O)cc3c2C(C)C)ccn1. The van der Waals surface area contributed by atoms with Crippen LogP contribution in [0.15, 0.2) is 36.5 Å². The average Bonchev–Trinajstić information content (AvgIpc) is 3.14. The molecule has 2 aromatic heterocycles. The van der Waals surface area contributed by atoms with Crippen molar-refractivity contribution in [1.29, 1.82) is 0 Å². The summed E-state index contributed by atoms with van der Waals surface area (Å²) >= 11 is 0. The van der Waals surface area contributed by atoms with Gasteiger partial charge in [-0.3, -0.25) is 9.78 Å². The van der Waals surface area contributed by atoms with Crippen LogP contribution in [-0.4, -0.2) is 28.5 Å². The number of fused-ring (bicyclic) bond motifs is 1. The van der Waals surface area contributed by atoms with Crippen molar-refractivity contribution in [2.24, 2.45) is 5.73 Å². The Morgan fingerprint density at radius 3 is 2.74 bits per heavy atom. The molecule has 0 saturated carbocycles. The average molecular weight is 419 g/mol. The van der Waals surface area contributed by atoms with Crippen molar-refractivity contribution < 1.29 is 4.79 Å². The second-order valence-electron chi connectivity index (χ2n) is 9.54. The Hall–Kier alpha value is -2.66. The minimum Gasteiger partial charge on any atom is -0.355 e. The Kier molecular flexibility index (Phi) is 5.89. The maximum Gasteiger partial charge on any atom is 0.230 e. The number of hydrogen-bond acceptors (Lipinski definition) is 3. The molecule has 1 aliphatic heterocycles. The number of nitrogens with one attached hydrogen (secondary N) is 2. The number of aryl methyl sites for hydroxylation is 1. The number of nitrogens with two attached hydrogens (primary N) is 1. The third-order valence-electron chi connectivity index (χ3n) is 6.79. The molecule has 1 amide bonds. The Labute approximate surface area is 184 Å². The van der Waals surface area contributed by atoms with Gasteiger partial charge in [0.2, 0.25) is 5.91 Å². The molecule has 4 N–H and O–H groups in total. The number of aromatic amines is 1. The first-order valence-electron chi connectivity index (χ1n) is 11.4. The molecule has 1 fully saturated rings. The quantitative estimate of drug-likeness (QED) is 0.563. The van der Waals surface area contributed by atoms with E-state index < -0.39 is 5.41 Å². The van der Waals surface area contributed by atoms with Crippen molar-refractivity contribution in [3.8, 4) is 11.3 Å². The van der Waals surface area contributed by atoms with Crippen LogP contribution >= 0.6 is 0 Å². The van der Waals surface area contributed by atoms with Gasteiger partial charge in [-0.05, 0) is 74.4 Å². The number of amides is 1. The fourth-order valence-corrected chi connectivity index (χ4v) is 4.90. The van der Waals surface area contributed by atoms with Crippen molar-refractivity contribution in [3.05, 3.63) is 53.3 Å². The van der Waals surface area contributed by atoms with Crippen LogP contribution in [-0.2, 0) is 10.2 Å². The van der Waals surface area contributed by atoms with Gasteiger partial charge in [0.1, 0.15) is 0 Å². The van der Waals surface area contributed by atoms with Crippen molar-refractivity contribution in [1.82, 2.24) is 15.3 Å². The molecular formula is C26H34N4O. The highest BCUT2D eigenvalue weighted by atomic mass is 16.2. The number of aromatic nitrogens is 2. The van der Waals surface area contributed by atoms with E-state index in [9.17, 15) is 4.79 Å².